The Bertz CT molecular complexity index is 584. The summed E-state index contributed by atoms with van der Waals surface area (Å²) < 4.78 is 0. The molecule has 5 heteroatoms. The van der Waals surface area contributed by atoms with Gasteiger partial charge in [0, 0.05) is 11.0 Å². The molecule has 2 rings (SSSR count). The standard InChI is InChI=1S/C13H16ClN3S/c1-7-9(10-8(14)5-6-18-10)16-12(13(2,3)4)17-11(7)15/h5-6H,1-4H3,(H2,15,16,17). The maximum atomic E-state index is 6.17. The zero-order chi connectivity index (χ0) is 13.5. The second-order valence-electron chi connectivity index (χ2n) is 5.25. The van der Waals surface area contributed by atoms with E-state index >= 15 is 0 Å². The van der Waals surface area contributed by atoms with Crippen LogP contribution in [0.25, 0.3) is 10.6 Å². The van der Waals surface area contributed by atoms with Crippen LogP contribution >= 0.6 is 22.9 Å². The normalized spacial score (nSPS) is 11.8. The van der Waals surface area contributed by atoms with Crippen molar-refractivity contribution in [1.82, 2.24) is 9.97 Å². The fraction of sp³-hybridized carbons (Fsp3) is 0.385. The summed E-state index contributed by atoms with van der Waals surface area (Å²) in [5, 5.41) is 2.66. The summed E-state index contributed by atoms with van der Waals surface area (Å²) in [6.45, 7) is 8.12. The first kappa shape index (κ1) is 13.3. The zero-order valence-corrected chi connectivity index (χ0v) is 12.5. The third-order valence-electron chi connectivity index (χ3n) is 2.69. The van der Waals surface area contributed by atoms with Crippen LogP contribution < -0.4 is 5.73 Å². The van der Waals surface area contributed by atoms with E-state index in [0.29, 0.717) is 10.8 Å². The summed E-state index contributed by atoms with van der Waals surface area (Å²) in [5.41, 5.74) is 7.57. The van der Waals surface area contributed by atoms with E-state index in [-0.39, 0.29) is 5.41 Å². The molecule has 0 aromatic carbocycles. The molecule has 0 aliphatic carbocycles. The molecule has 0 fully saturated rings. The van der Waals surface area contributed by atoms with Gasteiger partial charge in [-0.2, -0.15) is 0 Å². The van der Waals surface area contributed by atoms with Crippen LogP contribution in [0.1, 0.15) is 32.2 Å². The number of thiophene rings is 1. The topological polar surface area (TPSA) is 51.8 Å². The lowest BCUT2D eigenvalue weighted by atomic mass is 9.95. The van der Waals surface area contributed by atoms with Crippen molar-refractivity contribution in [3.63, 3.8) is 0 Å². The Morgan fingerprint density at radius 2 is 1.94 bits per heavy atom. The summed E-state index contributed by atoms with van der Waals surface area (Å²) in [4.78, 5) is 9.97. The van der Waals surface area contributed by atoms with Crippen molar-refractivity contribution in [3.05, 3.63) is 27.9 Å². The highest BCUT2D eigenvalue weighted by molar-refractivity contribution is 7.14. The SMILES string of the molecule is Cc1c(N)nc(C(C)(C)C)nc1-c1sccc1Cl. The minimum Gasteiger partial charge on any atom is -0.383 e. The average Bonchev–Trinajstić information content (AvgIpc) is 2.67. The van der Waals surface area contributed by atoms with Crippen LogP contribution in [0.15, 0.2) is 11.4 Å². The largest absolute Gasteiger partial charge is 0.383 e. The molecular weight excluding hydrogens is 266 g/mol. The van der Waals surface area contributed by atoms with Gasteiger partial charge in [-0.1, -0.05) is 32.4 Å². The van der Waals surface area contributed by atoms with Crippen LogP contribution in [-0.2, 0) is 5.41 Å². The molecule has 0 bridgehead atoms. The molecule has 3 nitrogen and oxygen atoms in total. The molecule has 0 amide bonds. The first-order chi connectivity index (χ1) is 8.30. The number of halogens is 1. The number of aromatic nitrogens is 2. The predicted molar refractivity (Wildman–Crippen MR) is 78.2 cm³/mol. The van der Waals surface area contributed by atoms with Crippen LogP contribution in [0, 0.1) is 6.92 Å². The molecule has 0 saturated heterocycles. The van der Waals surface area contributed by atoms with E-state index in [2.05, 4.69) is 30.7 Å². The number of hydrogen-bond acceptors (Lipinski definition) is 4. The van der Waals surface area contributed by atoms with Gasteiger partial charge in [-0.15, -0.1) is 11.3 Å². The minimum absolute atomic E-state index is 0.139. The summed E-state index contributed by atoms with van der Waals surface area (Å²) in [6, 6.07) is 1.87. The Balaban J connectivity index is 2.68. The zero-order valence-electron chi connectivity index (χ0n) is 10.9. The number of nitrogens with two attached hydrogens (primary N) is 1. The van der Waals surface area contributed by atoms with E-state index in [9.17, 15) is 0 Å². The Morgan fingerprint density at radius 3 is 2.44 bits per heavy atom. The summed E-state index contributed by atoms with van der Waals surface area (Å²) >= 11 is 7.74. The summed E-state index contributed by atoms with van der Waals surface area (Å²) in [6.07, 6.45) is 0. The van der Waals surface area contributed by atoms with Crippen LogP contribution in [0.4, 0.5) is 5.82 Å². The van der Waals surface area contributed by atoms with E-state index in [0.717, 1.165) is 22.0 Å². The predicted octanol–water partition coefficient (Wildman–Crippen LogP) is 4.05. The van der Waals surface area contributed by atoms with Gasteiger partial charge in [-0.25, -0.2) is 9.97 Å². The van der Waals surface area contributed by atoms with Crippen molar-refractivity contribution < 1.29 is 0 Å². The van der Waals surface area contributed by atoms with Gasteiger partial charge in [-0.05, 0) is 18.4 Å². The lowest BCUT2D eigenvalue weighted by Gasteiger charge is -2.19. The molecule has 0 saturated carbocycles. The molecule has 0 aliphatic rings. The van der Waals surface area contributed by atoms with E-state index < -0.39 is 0 Å². The van der Waals surface area contributed by atoms with Crippen LogP contribution in [0.2, 0.25) is 5.02 Å². The molecule has 2 aromatic rings. The van der Waals surface area contributed by atoms with Crippen molar-refractivity contribution in [1.29, 1.82) is 0 Å². The van der Waals surface area contributed by atoms with E-state index in [1.807, 2.05) is 18.4 Å². The average molecular weight is 282 g/mol. The molecule has 0 aliphatic heterocycles. The fourth-order valence-corrected chi connectivity index (χ4v) is 2.75. The number of hydrogen-bond donors (Lipinski definition) is 1. The van der Waals surface area contributed by atoms with Crippen molar-refractivity contribution in [3.8, 4) is 10.6 Å². The lowest BCUT2D eigenvalue weighted by Crippen LogP contribution is -2.18. The van der Waals surface area contributed by atoms with E-state index in [4.69, 9.17) is 17.3 Å². The second kappa shape index (κ2) is 4.52. The Hall–Kier alpha value is -1.13. The maximum absolute atomic E-state index is 6.17. The quantitative estimate of drug-likeness (QED) is 0.858. The van der Waals surface area contributed by atoms with Crippen LogP contribution in [0.3, 0.4) is 0 Å². The Labute approximate surface area is 116 Å². The Kier molecular flexibility index (Phi) is 3.34. The smallest absolute Gasteiger partial charge is 0.136 e. The van der Waals surface area contributed by atoms with Gasteiger partial charge in [0.15, 0.2) is 0 Å². The monoisotopic (exact) mass is 281 g/mol. The summed E-state index contributed by atoms with van der Waals surface area (Å²) in [7, 11) is 0. The number of nitrogen functional groups attached to an aromatic ring is 1. The van der Waals surface area contributed by atoms with Gasteiger partial charge >= 0.3 is 0 Å². The number of anilines is 1. The first-order valence-electron chi connectivity index (χ1n) is 5.68. The molecular formula is C13H16ClN3S. The number of rotatable bonds is 1. The molecule has 2 N–H and O–H groups in total. The fourth-order valence-electron chi connectivity index (χ4n) is 1.55. The van der Waals surface area contributed by atoms with Gasteiger partial charge in [0.1, 0.15) is 11.6 Å². The molecule has 0 atom stereocenters. The van der Waals surface area contributed by atoms with E-state index in [1.165, 1.54) is 0 Å². The molecule has 0 unspecified atom stereocenters. The third kappa shape index (κ3) is 2.35. The molecule has 2 aromatic heterocycles. The van der Waals surface area contributed by atoms with Gasteiger partial charge in [0.05, 0.1) is 15.6 Å². The highest BCUT2D eigenvalue weighted by Crippen LogP contribution is 2.36. The highest BCUT2D eigenvalue weighted by atomic mass is 35.5. The minimum atomic E-state index is -0.139. The summed E-state index contributed by atoms with van der Waals surface area (Å²) in [5.74, 6) is 1.26. The van der Waals surface area contributed by atoms with Crippen molar-refractivity contribution in [2.45, 2.75) is 33.1 Å². The number of nitrogens with zero attached hydrogens (tertiary/aromatic N) is 2. The van der Waals surface area contributed by atoms with E-state index in [1.54, 1.807) is 11.3 Å². The highest BCUT2D eigenvalue weighted by Gasteiger charge is 2.22. The second-order valence-corrected chi connectivity index (χ2v) is 6.58. The van der Waals surface area contributed by atoms with Crippen molar-refractivity contribution in [2.75, 3.05) is 5.73 Å². The molecule has 18 heavy (non-hydrogen) atoms. The van der Waals surface area contributed by atoms with Crippen molar-refractivity contribution in [2.24, 2.45) is 0 Å². The van der Waals surface area contributed by atoms with Crippen molar-refractivity contribution >= 4 is 28.8 Å². The van der Waals surface area contributed by atoms with Gasteiger partial charge in [0.25, 0.3) is 0 Å². The molecule has 0 spiro atoms. The van der Waals surface area contributed by atoms with Gasteiger partial charge in [0.2, 0.25) is 0 Å². The maximum Gasteiger partial charge on any atom is 0.136 e. The van der Waals surface area contributed by atoms with Gasteiger partial charge < -0.3 is 5.73 Å². The molecule has 0 radical (unpaired) electrons. The molecule has 2 heterocycles. The third-order valence-corrected chi connectivity index (χ3v) is 4.03. The van der Waals surface area contributed by atoms with Crippen LogP contribution in [-0.4, -0.2) is 9.97 Å². The Morgan fingerprint density at radius 1 is 1.28 bits per heavy atom. The molecule has 96 valence electrons. The van der Waals surface area contributed by atoms with Gasteiger partial charge in [-0.3, -0.25) is 0 Å². The van der Waals surface area contributed by atoms with Crippen LogP contribution in [0.5, 0.6) is 0 Å². The lowest BCUT2D eigenvalue weighted by molar-refractivity contribution is 0.546. The first-order valence-corrected chi connectivity index (χ1v) is 6.94.